The molecule has 1 N–H and O–H groups in total. The summed E-state index contributed by atoms with van der Waals surface area (Å²) in [4.78, 5) is 19.7. The van der Waals surface area contributed by atoms with Crippen LogP contribution in [0.25, 0.3) is 22.2 Å². The lowest BCUT2D eigenvalue weighted by molar-refractivity contribution is 0.307. The molecule has 2 fully saturated rings. The van der Waals surface area contributed by atoms with E-state index in [4.69, 9.17) is 25.8 Å². The van der Waals surface area contributed by atoms with Crippen LogP contribution in [-0.2, 0) is 13.2 Å². The molecule has 7 nitrogen and oxygen atoms in total. The van der Waals surface area contributed by atoms with E-state index >= 15 is 0 Å². The van der Waals surface area contributed by atoms with Gasteiger partial charge in [-0.1, -0.05) is 53.2 Å². The van der Waals surface area contributed by atoms with Crippen LogP contribution in [-0.4, -0.2) is 19.7 Å². The van der Waals surface area contributed by atoms with Crippen molar-refractivity contribution >= 4 is 33.8 Å². The van der Waals surface area contributed by atoms with Gasteiger partial charge < -0.3 is 9.30 Å². The molecule has 39 heavy (non-hydrogen) atoms. The van der Waals surface area contributed by atoms with E-state index in [-0.39, 0.29) is 0 Å². The van der Waals surface area contributed by atoms with Gasteiger partial charge in [-0.2, -0.15) is 0 Å². The van der Waals surface area contributed by atoms with Gasteiger partial charge in [0.15, 0.2) is 5.82 Å². The Morgan fingerprint density at radius 3 is 2.69 bits per heavy atom. The van der Waals surface area contributed by atoms with Gasteiger partial charge in [-0.3, -0.25) is 9.51 Å². The Balaban J connectivity index is 1.29. The van der Waals surface area contributed by atoms with Crippen molar-refractivity contribution in [2.45, 2.75) is 44.8 Å². The largest absolute Gasteiger partial charge is 0.488 e. The number of fused-ring (bicyclic) bond motifs is 3. The molecule has 5 aromatic rings. The molecule has 0 spiro atoms. The molecular formula is C31H25ClN4O3. The SMILES string of the molecule is O=c1[nH]c(/C(=C2\c3ccc(Cn4c(C5CC5)nc5c(Cl)cccc54)cc3COc3ccccc32)C2CC2)no1. The molecule has 194 valence electrons. The molecule has 8 rings (SSSR count). The third-order valence-corrected chi connectivity index (χ3v) is 8.28. The molecule has 3 aromatic carbocycles. The second kappa shape index (κ2) is 8.71. The fourth-order valence-electron chi connectivity index (χ4n) is 5.87. The van der Waals surface area contributed by atoms with Crippen molar-refractivity contribution in [2.75, 3.05) is 0 Å². The number of aromatic amines is 1. The Labute approximate surface area is 229 Å². The average Bonchev–Trinajstić information content (AvgIpc) is 3.88. The second-order valence-electron chi connectivity index (χ2n) is 10.7. The Bertz CT molecular complexity index is 1860. The maximum Gasteiger partial charge on any atom is 0.439 e. The van der Waals surface area contributed by atoms with Crippen LogP contribution in [0.5, 0.6) is 5.75 Å². The lowest BCUT2D eigenvalue weighted by atomic mass is 9.87. The topological polar surface area (TPSA) is 85.9 Å². The van der Waals surface area contributed by atoms with E-state index in [1.807, 2.05) is 30.3 Å². The van der Waals surface area contributed by atoms with E-state index in [0.29, 0.717) is 35.8 Å². The Morgan fingerprint density at radius 1 is 1.03 bits per heavy atom. The maximum atomic E-state index is 11.9. The molecule has 0 bridgehead atoms. The number of H-pyrrole nitrogens is 1. The van der Waals surface area contributed by atoms with Crippen LogP contribution in [0.3, 0.4) is 0 Å². The molecule has 2 aliphatic carbocycles. The van der Waals surface area contributed by atoms with Crippen LogP contribution in [0.2, 0.25) is 5.02 Å². The highest BCUT2D eigenvalue weighted by Gasteiger charge is 2.35. The van der Waals surface area contributed by atoms with Gasteiger partial charge in [-0.25, -0.2) is 9.78 Å². The van der Waals surface area contributed by atoms with Crippen molar-refractivity contribution in [3.63, 3.8) is 0 Å². The summed E-state index contributed by atoms with van der Waals surface area (Å²) in [6.45, 7) is 1.15. The monoisotopic (exact) mass is 536 g/mol. The van der Waals surface area contributed by atoms with Crippen LogP contribution in [0.4, 0.5) is 0 Å². The minimum Gasteiger partial charge on any atom is -0.488 e. The summed E-state index contributed by atoms with van der Waals surface area (Å²) in [5.74, 6) is 2.69. The van der Waals surface area contributed by atoms with Crippen molar-refractivity contribution in [2.24, 2.45) is 5.92 Å². The molecule has 3 aliphatic rings. The zero-order valence-electron chi connectivity index (χ0n) is 21.1. The Morgan fingerprint density at radius 2 is 1.90 bits per heavy atom. The van der Waals surface area contributed by atoms with Crippen LogP contribution in [0, 0.1) is 5.92 Å². The highest BCUT2D eigenvalue weighted by atomic mass is 35.5. The number of imidazole rings is 1. The summed E-state index contributed by atoms with van der Waals surface area (Å²) < 4.78 is 13.6. The van der Waals surface area contributed by atoms with Gasteiger partial charge in [0, 0.05) is 29.2 Å². The predicted octanol–water partition coefficient (Wildman–Crippen LogP) is 6.55. The fourth-order valence-corrected chi connectivity index (χ4v) is 6.08. The van der Waals surface area contributed by atoms with Gasteiger partial charge >= 0.3 is 5.76 Å². The number of allylic oxidation sites excluding steroid dienone is 1. The molecule has 0 amide bonds. The summed E-state index contributed by atoms with van der Waals surface area (Å²) in [6, 6.07) is 20.7. The number of para-hydroxylation sites is 2. The van der Waals surface area contributed by atoms with Gasteiger partial charge in [0.25, 0.3) is 0 Å². The number of nitrogens with zero attached hydrogens (tertiary/aromatic N) is 3. The van der Waals surface area contributed by atoms with Crippen molar-refractivity contribution in [1.82, 2.24) is 19.7 Å². The van der Waals surface area contributed by atoms with Crippen LogP contribution in [0.15, 0.2) is 70.0 Å². The standard InChI is InChI=1S/C31H25ClN4O3/c32-23-5-3-6-24-28(23)33-30(19-11-12-19)36(24)15-17-8-13-21-20(14-17)16-38-25-7-2-1-4-22(25)27(21)26(18-9-10-18)29-34-31(37)39-35-29/h1-8,13-14,18-19H,9-12,15-16H2,(H,34,35,37)/b27-26+. The second-order valence-corrected chi connectivity index (χ2v) is 11.1. The third kappa shape index (κ3) is 3.91. The highest BCUT2D eigenvalue weighted by molar-refractivity contribution is 6.34. The molecule has 2 saturated carbocycles. The number of nitrogens with one attached hydrogen (secondary N) is 1. The van der Waals surface area contributed by atoms with Gasteiger partial charge in [0.1, 0.15) is 23.7 Å². The number of aromatic nitrogens is 4. The number of hydrogen-bond donors (Lipinski definition) is 1. The number of ether oxygens (including phenoxy) is 1. The molecule has 8 heteroatoms. The summed E-state index contributed by atoms with van der Waals surface area (Å²) >= 11 is 6.52. The van der Waals surface area contributed by atoms with Gasteiger partial charge in [0.05, 0.1) is 10.5 Å². The molecular weight excluding hydrogens is 512 g/mol. The van der Waals surface area contributed by atoms with Gasteiger partial charge in [0.2, 0.25) is 0 Å². The molecule has 3 heterocycles. The average molecular weight is 537 g/mol. The number of benzene rings is 3. The maximum absolute atomic E-state index is 11.9. The molecule has 2 aromatic heterocycles. The molecule has 0 radical (unpaired) electrons. The first-order valence-corrected chi connectivity index (χ1v) is 13.8. The van der Waals surface area contributed by atoms with E-state index in [0.717, 1.165) is 63.3 Å². The first-order chi connectivity index (χ1) is 19.1. The first kappa shape index (κ1) is 22.8. The smallest absolute Gasteiger partial charge is 0.439 e. The first-order valence-electron chi connectivity index (χ1n) is 13.4. The van der Waals surface area contributed by atoms with Crippen molar-refractivity contribution in [1.29, 1.82) is 0 Å². The van der Waals surface area contributed by atoms with E-state index in [1.54, 1.807) is 0 Å². The fraction of sp³-hybridized carbons (Fsp3) is 0.258. The summed E-state index contributed by atoms with van der Waals surface area (Å²) in [5.41, 5.74) is 8.36. The lowest BCUT2D eigenvalue weighted by Gasteiger charge is -2.17. The Kier molecular flexibility index (Phi) is 5.10. The third-order valence-electron chi connectivity index (χ3n) is 7.97. The number of hydrogen-bond acceptors (Lipinski definition) is 5. The zero-order chi connectivity index (χ0) is 26.1. The minimum absolute atomic E-state index is 0.308. The molecule has 0 atom stereocenters. The molecule has 1 aliphatic heterocycles. The predicted molar refractivity (Wildman–Crippen MR) is 149 cm³/mol. The van der Waals surface area contributed by atoms with E-state index in [9.17, 15) is 4.79 Å². The summed E-state index contributed by atoms with van der Waals surface area (Å²) in [7, 11) is 0. The van der Waals surface area contributed by atoms with Gasteiger partial charge in [-0.05, 0) is 72.6 Å². The van der Waals surface area contributed by atoms with Crippen LogP contribution >= 0.6 is 11.6 Å². The number of halogens is 1. The molecule has 0 saturated heterocycles. The summed E-state index contributed by atoms with van der Waals surface area (Å²) in [5, 5.41) is 4.79. The normalized spacial score (nSPS) is 17.9. The highest BCUT2D eigenvalue weighted by Crippen LogP contribution is 2.49. The van der Waals surface area contributed by atoms with E-state index in [1.165, 1.54) is 18.4 Å². The van der Waals surface area contributed by atoms with Crippen LogP contribution in [0.1, 0.15) is 65.5 Å². The van der Waals surface area contributed by atoms with Crippen molar-refractivity contribution < 1.29 is 9.26 Å². The van der Waals surface area contributed by atoms with Crippen LogP contribution < -0.4 is 10.5 Å². The zero-order valence-corrected chi connectivity index (χ0v) is 21.9. The van der Waals surface area contributed by atoms with E-state index < -0.39 is 5.76 Å². The summed E-state index contributed by atoms with van der Waals surface area (Å²) in [6.07, 6.45) is 4.42. The minimum atomic E-state index is -0.545. The molecule has 0 unspecified atom stereocenters. The Hall–Kier alpha value is -4.10. The van der Waals surface area contributed by atoms with Crippen molar-refractivity contribution in [3.8, 4) is 5.75 Å². The van der Waals surface area contributed by atoms with E-state index in [2.05, 4.69) is 45.0 Å². The quantitative estimate of drug-likeness (QED) is 0.275. The van der Waals surface area contributed by atoms with Crippen molar-refractivity contribution in [3.05, 3.63) is 110 Å². The van der Waals surface area contributed by atoms with Gasteiger partial charge in [-0.15, -0.1) is 0 Å². The lowest BCUT2D eigenvalue weighted by Crippen LogP contribution is -2.06. The number of rotatable bonds is 5.